The van der Waals surface area contributed by atoms with Crippen molar-refractivity contribution in [3.63, 3.8) is 0 Å². The molecular weight excluding hydrogens is 197 g/mol. The predicted molar refractivity (Wildman–Crippen MR) is 42.4 cm³/mol. The van der Waals surface area contributed by atoms with E-state index in [1.54, 1.807) is 0 Å². The zero-order valence-electron chi connectivity index (χ0n) is 7.01. The summed E-state index contributed by atoms with van der Waals surface area (Å²) in [7, 11) is 0. The van der Waals surface area contributed by atoms with E-state index in [-0.39, 0.29) is 24.1 Å². The molecule has 3 nitrogen and oxygen atoms in total. The number of carbonyl (C=O) groups excluding carboxylic acids is 1. The van der Waals surface area contributed by atoms with Crippen LogP contribution >= 0.6 is 0 Å². The minimum Gasteiger partial charge on any atom is -0.325 e. The number of alkyl halides is 2. The highest BCUT2D eigenvalue weighted by Crippen LogP contribution is 2.20. The Labute approximate surface area is 77.7 Å². The van der Waals surface area contributed by atoms with Gasteiger partial charge in [-0.1, -0.05) is 0 Å². The Hall–Kier alpha value is -1.43. The van der Waals surface area contributed by atoms with Crippen LogP contribution in [-0.2, 0) is 6.54 Å². The lowest BCUT2D eigenvalue weighted by atomic mass is 10.1. The second-order valence-electron chi connectivity index (χ2n) is 2.51. The van der Waals surface area contributed by atoms with E-state index in [1.165, 1.54) is 0 Å². The van der Waals surface area contributed by atoms with Crippen molar-refractivity contribution < 1.29 is 18.0 Å². The van der Waals surface area contributed by atoms with Gasteiger partial charge in [0.05, 0.1) is 11.3 Å². The third-order valence-corrected chi connectivity index (χ3v) is 1.64. The molecule has 0 aliphatic heterocycles. The molecule has 0 aromatic carbocycles. The molecule has 1 rings (SSSR count). The molecule has 14 heavy (non-hydrogen) atoms. The molecular formula is C8H7F3N2O. The molecule has 1 heterocycles. The van der Waals surface area contributed by atoms with Crippen molar-refractivity contribution in [2.24, 2.45) is 5.73 Å². The summed E-state index contributed by atoms with van der Waals surface area (Å²) in [6, 6.07) is 0.535. The van der Waals surface area contributed by atoms with Crippen molar-refractivity contribution in [3.8, 4) is 0 Å². The number of nitrogens with zero attached hydrogens (tertiary/aromatic N) is 1. The maximum Gasteiger partial charge on any atom is 0.280 e. The fraction of sp³-hybridized carbons (Fsp3) is 0.250. The van der Waals surface area contributed by atoms with E-state index in [9.17, 15) is 18.0 Å². The van der Waals surface area contributed by atoms with E-state index in [0.29, 0.717) is 6.07 Å². The number of pyridine rings is 1. The van der Waals surface area contributed by atoms with Crippen LogP contribution in [0.1, 0.15) is 28.2 Å². The second kappa shape index (κ2) is 4.19. The Kier molecular flexibility index (Phi) is 3.19. The molecule has 6 heteroatoms. The SMILES string of the molecule is NCc1nc(C(F)F)cc(F)c1C=O. The van der Waals surface area contributed by atoms with E-state index in [2.05, 4.69) is 4.98 Å². The number of nitrogens with two attached hydrogens (primary N) is 1. The summed E-state index contributed by atoms with van der Waals surface area (Å²) in [6.45, 7) is -0.258. The lowest BCUT2D eigenvalue weighted by Crippen LogP contribution is -2.09. The van der Waals surface area contributed by atoms with Crippen molar-refractivity contribution >= 4 is 6.29 Å². The summed E-state index contributed by atoms with van der Waals surface area (Å²) in [5, 5.41) is 0. The van der Waals surface area contributed by atoms with E-state index < -0.39 is 17.9 Å². The van der Waals surface area contributed by atoms with E-state index >= 15 is 0 Å². The summed E-state index contributed by atoms with van der Waals surface area (Å²) in [5.41, 5.74) is 3.90. The summed E-state index contributed by atoms with van der Waals surface area (Å²) in [4.78, 5) is 13.7. The molecule has 1 aromatic rings. The van der Waals surface area contributed by atoms with Gasteiger partial charge in [0.2, 0.25) is 0 Å². The first kappa shape index (κ1) is 10.6. The molecule has 0 amide bonds. The van der Waals surface area contributed by atoms with Crippen LogP contribution in [0.5, 0.6) is 0 Å². The van der Waals surface area contributed by atoms with Gasteiger partial charge in [0.25, 0.3) is 6.43 Å². The van der Waals surface area contributed by atoms with Gasteiger partial charge >= 0.3 is 0 Å². The van der Waals surface area contributed by atoms with Crippen molar-refractivity contribution in [2.75, 3.05) is 0 Å². The van der Waals surface area contributed by atoms with E-state index in [4.69, 9.17) is 5.73 Å². The van der Waals surface area contributed by atoms with Crippen LogP contribution in [0.2, 0.25) is 0 Å². The molecule has 0 spiro atoms. The summed E-state index contributed by atoms with van der Waals surface area (Å²) >= 11 is 0. The maximum atomic E-state index is 13.0. The molecule has 0 saturated heterocycles. The Bertz CT molecular complexity index is 355. The van der Waals surface area contributed by atoms with Gasteiger partial charge in [0.1, 0.15) is 11.5 Å². The number of halogens is 3. The first-order valence-electron chi connectivity index (χ1n) is 3.72. The monoisotopic (exact) mass is 204 g/mol. The van der Waals surface area contributed by atoms with Crippen LogP contribution in [0.15, 0.2) is 6.07 Å². The van der Waals surface area contributed by atoms with Gasteiger partial charge in [0, 0.05) is 12.6 Å². The van der Waals surface area contributed by atoms with Gasteiger partial charge in [-0.2, -0.15) is 0 Å². The number of rotatable bonds is 3. The third kappa shape index (κ3) is 1.90. The molecule has 0 radical (unpaired) electrons. The van der Waals surface area contributed by atoms with Crippen LogP contribution in [0.4, 0.5) is 13.2 Å². The molecule has 76 valence electrons. The quantitative estimate of drug-likeness (QED) is 0.757. The normalized spacial score (nSPS) is 10.6. The zero-order chi connectivity index (χ0) is 10.7. The summed E-state index contributed by atoms with van der Waals surface area (Å²) in [5.74, 6) is -1.02. The molecule has 2 N–H and O–H groups in total. The van der Waals surface area contributed by atoms with Crippen LogP contribution < -0.4 is 5.73 Å². The van der Waals surface area contributed by atoms with Crippen molar-refractivity contribution in [1.82, 2.24) is 4.98 Å². The fourth-order valence-corrected chi connectivity index (χ4v) is 0.985. The van der Waals surface area contributed by atoms with Gasteiger partial charge in [-0.3, -0.25) is 4.79 Å². The Morgan fingerprint density at radius 2 is 2.21 bits per heavy atom. The smallest absolute Gasteiger partial charge is 0.280 e. The largest absolute Gasteiger partial charge is 0.325 e. The van der Waals surface area contributed by atoms with E-state index in [0.717, 1.165) is 0 Å². The number of carbonyl (C=O) groups is 1. The first-order valence-corrected chi connectivity index (χ1v) is 3.72. The second-order valence-corrected chi connectivity index (χ2v) is 2.51. The van der Waals surface area contributed by atoms with Gasteiger partial charge < -0.3 is 5.73 Å². The van der Waals surface area contributed by atoms with Crippen LogP contribution in [0.3, 0.4) is 0 Å². The minimum atomic E-state index is -2.88. The molecule has 0 bridgehead atoms. The lowest BCUT2D eigenvalue weighted by molar-refractivity contribution is 0.111. The highest BCUT2D eigenvalue weighted by molar-refractivity contribution is 5.76. The van der Waals surface area contributed by atoms with Crippen molar-refractivity contribution in [1.29, 1.82) is 0 Å². The standard InChI is InChI=1S/C8H7F3N2O/c9-5-1-6(8(10)11)13-7(2-12)4(5)3-14/h1,3,8H,2,12H2. The topological polar surface area (TPSA) is 56.0 Å². The summed E-state index contributed by atoms with van der Waals surface area (Å²) < 4.78 is 37.3. The van der Waals surface area contributed by atoms with Gasteiger partial charge in [-0.25, -0.2) is 18.2 Å². The number of aromatic nitrogens is 1. The Balaban J connectivity index is 3.31. The molecule has 0 aliphatic carbocycles. The number of hydrogen-bond acceptors (Lipinski definition) is 3. The molecule has 0 atom stereocenters. The molecule has 0 saturated carbocycles. The fourth-order valence-electron chi connectivity index (χ4n) is 0.985. The first-order chi connectivity index (χ1) is 6.60. The molecule has 0 unspecified atom stereocenters. The number of aldehydes is 1. The number of hydrogen-bond donors (Lipinski definition) is 1. The van der Waals surface area contributed by atoms with Crippen molar-refractivity contribution in [3.05, 3.63) is 28.8 Å². The van der Waals surface area contributed by atoms with Crippen LogP contribution in [0, 0.1) is 5.82 Å². The maximum absolute atomic E-state index is 13.0. The Morgan fingerprint density at radius 3 is 2.64 bits per heavy atom. The zero-order valence-corrected chi connectivity index (χ0v) is 7.01. The summed E-state index contributed by atoms with van der Waals surface area (Å²) in [6.07, 6.45) is -2.67. The minimum absolute atomic E-state index is 0.157. The highest BCUT2D eigenvalue weighted by atomic mass is 19.3. The molecule has 1 aromatic heterocycles. The predicted octanol–water partition coefficient (Wildman–Crippen LogP) is 1.43. The lowest BCUT2D eigenvalue weighted by Gasteiger charge is -2.05. The van der Waals surface area contributed by atoms with Crippen LogP contribution in [0.25, 0.3) is 0 Å². The average Bonchev–Trinajstić information content (AvgIpc) is 2.16. The van der Waals surface area contributed by atoms with Crippen molar-refractivity contribution in [2.45, 2.75) is 13.0 Å². The molecule has 0 fully saturated rings. The van der Waals surface area contributed by atoms with E-state index in [1.807, 2.05) is 0 Å². The Morgan fingerprint density at radius 1 is 1.57 bits per heavy atom. The van der Waals surface area contributed by atoms with Gasteiger partial charge in [-0.05, 0) is 0 Å². The van der Waals surface area contributed by atoms with Gasteiger partial charge in [0.15, 0.2) is 6.29 Å². The highest BCUT2D eigenvalue weighted by Gasteiger charge is 2.16. The molecule has 0 aliphatic rings. The van der Waals surface area contributed by atoms with Gasteiger partial charge in [-0.15, -0.1) is 0 Å². The van der Waals surface area contributed by atoms with Crippen LogP contribution in [-0.4, -0.2) is 11.3 Å². The third-order valence-electron chi connectivity index (χ3n) is 1.64. The average molecular weight is 204 g/mol.